The van der Waals surface area contributed by atoms with Gasteiger partial charge in [0.05, 0.1) is 12.3 Å². The number of hydrogen-bond donors (Lipinski definition) is 1. The monoisotopic (exact) mass is 271 g/mol. The van der Waals surface area contributed by atoms with E-state index in [1.807, 2.05) is 4.57 Å². The number of sulfonamides is 1. The predicted molar refractivity (Wildman–Crippen MR) is 65.2 cm³/mol. The molecule has 1 saturated carbocycles. The fourth-order valence-corrected chi connectivity index (χ4v) is 3.40. The van der Waals surface area contributed by atoms with Crippen molar-refractivity contribution in [1.82, 2.24) is 24.4 Å². The highest BCUT2D eigenvalue weighted by atomic mass is 32.2. The maximum absolute atomic E-state index is 12.1. The van der Waals surface area contributed by atoms with Crippen molar-refractivity contribution in [3.63, 3.8) is 0 Å². The Kier molecular flexibility index (Phi) is 3.08. The van der Waals surface area contributed by atoms with Crippen LogP contribution in [-0.4, -0.2) is 52.4 Å². The highest BCUT2D eigenvalue weighted by Gasteiger charge is 2.28. The summed E-state index contributed by atoms with van der Waals surface area (Å²) in [6.45, 7) is 2.02. The summed E-state index contributed by atoms with van der Waals surface area (Å²) in [6.07, 6.45) is 3.99. The molecular formula is C10H17N5O2S. The van der Waals surface area contributed by atoms with E-state index in [4.69, 9.17) is 0 Å². The van der Waals surface area contributed by atoms with E-state index in [0.717, 1.165) is 5.82 Å². The van der Waals surface area contributed by atoms with Gasteiger partial charge in [-0.25, -0.2) is 8.42 Å². The Morgan fingerprint density at radius 1 is 1.39 bits per heavy atom. The molecule has 100 valence electrons. The van der Waals surface area contributed by atoms with Crippen molar-refractivity contribution in [2.75, 3.05) is 18.8 Å². The van der Waals surface area contributed by atoms with Crippen LogP contribution in [0.2, 0.25) is 0 Å². The van der Waals surface area contributed by atoms with Crippen molar-refractivity contribution in [3.8, 4) is 0 Å². The molecule has 2 aliphatic rings. The summed E-state index contributed by atoms with van der Waals surface area (Å²) in [7, 11) is -3.18. The third-order valence-electron chi connectivity index (χ3n) is 3.37. The Morgan fingerprint density at radius 2 is 2.22 bits per heavy atom. The summed E-state index contributed by atoms with van der Waals surface area (Å²) < 4.78 is 27.7. The van der Waals surface area contributed by atoms with E-state index in [1.165, 1.54) is 17.1 Å². The van der Waals surface area contributed by atoms with E-state index >= 15 is 0 Å². The molecule has 1 aliphatic carbocycles. The molecule has 0 saturated heterocycles. The number of aromatic nitrogens is 3. The first kappa shape index (κ1) is 12.1. The third kappa shape index (κ3) is 2.55. The lowest BCUT2D eigenvalue weighted by Gasteiger charge is -2.26. The van der Waals surface area contributed by atoms with Gasteiger partial charge in [-0.05, 0) is 12.8 Å². The Labute approximate surface area is 106 Å². The zero-order valence-corrected chi connectivity index (χ0v) is 10.9. The molecule has 3 rings (SSSR count). The number of nitrogens with one attached hydrogen (secondary N) is 1. The SMILES string of the molecule is O=S(=O)(CCNC1CC1)N1CCn2cnnc2C1. The van der Waals surface area contributed by atoms with Crippen LogP contribution in [0.5, 0.6) is 0 Å². The van der Waals surface area contributed by atoms with E-state index in [2.05, 4.69) is 15.5 Å². The highest BCUT2D eigenvalue weighted by molar-refractivity contribution is 7.89. The van der Waals surface area contributed by atoms with E-state index in [1.54, 1.807) is 6.33 Å². The summed E-state index contributed by atoms with van der Waals surface area (Å²) in [5.74, 6) is 0.887. The topological polar surface area (TPSA) is 80.1 Å². The lowest BCUT2D eigenvalue weighted by molar-refractivity contribution is 0.335. The lowest BCUT2D eigenvalue weighted by atomic mass is 10.4. The van der Waals surface area contributed by atoms with Gasteiger partial charge in [0.15, 0.2) is 0 Å². The molecule has 1 aromatic rings. The first-order valence-corrected chi connectivity index (χ1v) is 7.84. The quantitative estimate of drug-likeness (QED) is 0.756. The molecule has 0 aromatic carbocycles. The van der Waals surface area contributed by atoms with E-state index in [9.17, 15) is 8.42 Å². The predicted octanol–water partition coefficient (Wildman–Crippen LogP) is -0.824. The maximum atomic E-state index is 12.1. The van der Waals surface area contributed by atoms with E-state index in [0.29, 0.717) is 32.2 Å². The highest BCUT2D eigenvalue weighted by Crippen LogP contribution is 2.18. The second kappa shape index (κ2) is 4.60. The van der Waals surface area contributed by atoms with Gasteiger partial charge in [-0.15, -0.1) is 10.2 Å². The van der Waals surface area contributed by atoms with Gasteiger partial charge >= 0.3 is 0 Å². The first-order chi connectivity index (χ1) is 8.65. The molecule has 1 aliphatic heterocycles. The molecular weight excluding hydrogens is 254 g/mol. The zero-order valence-electron chi connectivity index (χ0n) is 10.1. The summed E-state index contributed by atoms with van der Waals surface area (Å²) in [4.78, 5) is 0. The normalized spacial score (nSPS) is 20.9. The molecule has 0 amide bonds. The molecule has 0 unspecified atom stereocenters. The molecule has 1 fully saturated rings. The minimum absolute atomic E-state index is 0.164. The van der Waals surface area contributed by atoms with Crippen LogP contribution in [-0.2, 0) is 23.1 Å². The van der Waals surface area contributed by atoms with Gasteiger partial charge in [-0.2, -0.15) is 4.31 Å². The molecule has 0 atom stereocenters. The Morgan fingerprint density at radius 3 is 3.00 bits per heavy atom. The summed E-state index contributed by atoms with van der Waals surface area (Å²) in [6, 6.07) is 0.546. The number of fused-ring (bicyclic) bond motifs is 1. The molecule has 7 nitrogen and oxygen atoms in total. The van der Waals surface area contributed by atoms with E-state index in [-0.39, 0.29) is 5.75 Å². The van der Waals surface area contributed by atoms with Crippen LogP contribution in [0.3, 0.4) is 0 Å². The first-order valence-electron chi connectivity index (χ1n) is 6.23. The van der Waals surface area contributed by atoms with Crippen LogP contribution in [0.1, 0.15) is 18.7 Å². The third-order valence-corrected chi connectivity index (χ3v) is 5.19. The Balaban J connectivity index is 1.59. The summed E-state index contributed by atoms with van der Waals surface area (Å²) >= 11 is 0. The maximum Gasteiger partial charge on any atom is 0.215 e. The van der Waals surface area contributed by atoms with Gasteiger partial charge < -0.3 is 9.88 Å². The minimum atomic E-state index is -3.18. The van der Waals surface area contributed by atoms with Gasteiger partial charge in [0.25, 0.3) is 0 Å². The molecule has 1 N–H and O–H groups in total. The van der Waals surface area contributed by atoms with Crippen molar-refractivity contribution in [1.29, 1.82) is 0 Å². The smallest absolute Gasteiger partial charge is 0.215 e. The van der Waals surface area contributed by atoms with Gasteiger partial charge in [0.1, 0.15) is 12.2 Å². The number of rotatable bonds is 5. The Hall–Kier alpha value is -0.990. The molecule has 8 heteroatoms. The summed E-state index contributed by atoms with van der Waals surface area (Å²) in [5, 5.41) is 11.0. The lowest BCUT2D eigenvalue weighted by Crippen LogP contribution is -2.41. The fraction of sp³-hybridized carbons (Fsp3) is 0.800. The van der Waals surface area contributed by atoms with Crippen molar-refractivity contribution in [2.45, 2.75) is 32.0 Å². The van der Waals surface area contributed by atoms with Crippen LogP contribution >= 0.6 is 0 Å². The molecule has 0 bridgehead atoms. The standard InChI is InChI=1S/C10H17N5O2S/c16-18(17,6-3-11-9-1-2-9)15-5-4-14-8-12-13-10(14)7-15/h8-9,11H,1-7H2. The van der Waals surface area contributed by atoms with Crippen molar-refractivity contribution >= 4 is 10.0 Å². The van der Waals surface area contributed by atoms with Crippen LogP contribution in [0, 0.1) is 0 Å². The van der Waals surface area contributed by atoms with Gasteiger partial charge in [-0.3, -0.25) is 0 Å². The second-order valence-electron chi connectivity index (χ2n) is 4.82. The van der Waals surface area contributed by atoms with Gasteiger partial charge in [0, 0.05) is 25.7 Å². The Bertz CT molecular complexity index is 522. The summed E-state index contributed by atoms with van der Waals surface area (Å²) in [5.41, 5.74) is 0. The van der Waals surface area contributed by atoms with Crippen LogP contribution in [0.15, 0.2) is 6.33 Å². The number of hydrogen-bond acceptors (Lipinski definition) is 5. The van der Waals surface area contributed by atoms with Crippen molar-refractivity contribution in [3.05, 3.63) is 12.2 Å². The molecule has 0 radical (unpaired) electrons. The second-order valence-corrected chi connectivity index (χ2v) is 6.91. The zero-order chi connectivity index (χ0) is 12.6. The largest absolute Gasteiger partial charge is 0.315 e. The van der Waals surface area contributed by atoms with E-state index < -0.39 is 10.0 Å². The van der Waals surface area contributed by atoms with Gasteiger partial charge in [-0.1, -0.05) is 0 Å². The molecule has 0 spiro atoms. The van der Waals surface area contributed by atoms with Crippen molar-refractivity contribution in [2.24, 2.45) is 0 Å². The average Bonchev–Trinajstić information content (AvgIpc) is 3.04. The van der Waals surface area contributed by atoms with Gasteiger partial charge in [0.2, 0.25) is 10.0 Å². The number of nitrogens with zero attached hydrogens (tertiary/aromatic N) is 4. The molecule has 2 heterocycles. The minimum Gasteiger partial charge on any atom is -0.315 e. The molecule has 1 aromatic heterocycles. The van der Waals surface area contributed by atoms with Crippen LogP contribution < -0.4 is 5.32 Å². The van der Waals surface area contributed by atoms with Crippen LogP contribution in [0.4, 0.5) is 0 Å². The van der Waals surface area contributed by atoms with Crippen molar-refractivity contribution < 1.29 is 8.42 Å². The molecule has 18 heavy (non-hydrogen) atoms. The average molecular weight is 271 g/mol. The van der Waals surface area contributed by atoms with Crippen LogP contribution in [0.25, 0.3) is 0 Å². The fourth-order valence-electron chi connectivity index (χ4n) is 2.09.